The van der Waals surface area contributed by atoms with Crippen LogP contribution in [-0.2, 0) is 12.0 Å². The van der Waals surface area contributed by atoms with Crippen LogP contribution in [0.2, 0.25) is 0 Å². The van der Waals surface area contributed by atoms with E-state index in [1.807, 2.05) is 0 Å². The molecule has 6 rings (SSSR count). The van der Waals surface area contributed by atoms with Crippen molar-refractivity contribution < 1.29 is 27.2 Å². The summed E-state index contributed by atoms with van der Waals surface area (Å²) in [7, 11) is 0. The van der Waals surface area contributed by atoms with Gasteiger partial charge in [0, 0.05) is 29.9 Å². The van der Waals surface area contributed by atoms with Crippen molar-refractivity contribution in [3.8, 4) is 11.1 Å². The predicted octanol–water partition coefficient (Wildman–Crippen LogP) is 5.72. The van der Waals surface area contributed by atoms with E-state index in [-0.39, 0.29) is 51.0 Å². The summed E-state index contributed by atoms with van der Waals surface area (Å²) in [4.78, 5) is 34.2. The van der Waals surface area contributed by atoms with E-state index in [0.29, 0.717) is 24.2 Å². The Morgan fingerprint density at radius 2 is 1.71 bits per heavy atom. The minimum Gasteiger partial charge on any atom is -0.460 e. The highest BCUT2D eigenvalue weighted by Gasteiger charge is 2.48. The molecular formula is C31H23F3N4O3. The lowest BCUT2D eigenvalue weighted by atomic mass is 9.94. The van der Waals surface area contributed by atoms with Gasteiger partial charge in [-0.1, -0.05) is 12.1 Å². The van der Waals surface area contributed by atoms with Gasteiger partial charge in [-0.25, -0.2) is 23.1 Å². The maximum absolute atomic E-state index is 16.2. The SMILES string of the molecule is Cc1c(F)cc(C(=O)NC2(c3ncccn3)CC2)cc1-c1ccc2oc(Cc3ccc(F)cc3)c(C(N)=O)c2c1F. The molecule has 3 aromatic carbocycles. The number of benzene rings is 3. The first-order valence-electron chi connectivity index (χ1n) is 12.9. The van der Waals surface area contributed by atoms with Crippen LogP contribution in [0.4, 0.5) is 13.2 Å². The molecule has 0 bridgehead atoms. The fraction of sp³-hybridized carbons (Fsp3) is 0.161. The van der Waals surface area contributed by atoms with Gasteiger partial charge in [-0.3, -0.25) is 9.59 Å². The Morgan fingerprint density at radius 1 is 1.00 bits per heavy atom. The van der Waals surface area contributed by atoms with E-state index in [4.69, 9.17) is 10.2 Å². The fourth-order valence-corrected chi connectivity index (χ4v) is 5.04. The Kier molecular flexibility index (Phi) is 6.33. The Balaban J connectivity index is 1.40. The maximum atomic E-state index is 16.2. The zero-order valence-corrected chi connectivity index (χ0v) is 21.8. The molecule has 0 atom stereocenters. The van der Waals surface area contributed by atoms with Crippen molar-refractivity contribution in [2.45, 2.75) is 31.7 Å². The average Bonchev–Trinajstić information content (AvgIpc) is 3.64. The number of hydrogen-bond acceptors (Lipinski definition) is 5. The fourth-order valence-electron chi connectivity index (χ4n) is 5.04. The van der Waals surface area contributed by atoms with Crippen molar-refractivity contribution in [3.05, 3.63) is 118 Å². The van der Waals surface area contributed by atoms with Crippen molar-refractivity contribution in [3.63, 3.8) is 0 Å². The first-order chi connectivity index (χ1) is 19.7. The van der Waals surface area contributed by atoms with Crippen LogP contribution in [0.25, 0.3) is 22.1 Å². The number of nitrogens with two attached hydrogens (primary N) is 1. The van der Waals surface area contributed by atoms with Gasteiger partial charge in [-0.2, -0.15) is 0 Å². The van der Waals surface area contributed by atoms with Crippen molar-refractivity contribution in [2.24, 2.45) is 5.73 Å². The van der Waals surface area contributed by atoms with E-state index in [9.17, 15) is 14.0 Å². The average molecular weight is 557 g/mol. The lowest BCUT2D eigenvalue weighted by molar-refractivity contribution is 0.0927. The van der Waals surface area contributed by atoms with Gasteiger partial charge < -0.3 is 15.5 Å². The number of nitrogens with one attached hydrogen (secondary N) is 1. The summed E-state index contributed by atoms with van der Waals surface area (Å²) < 4.78 is 50.5. The molecule has 1 aliphatic carbocycles. The molecule has 41 heavy (non-hydrogen) atoms. The van der Waals surface area contributed by atoms with Crippen LogP contribution in [-0.4, -0.2) is 21.8 Å². The van der Waals surface area contributed by atoms with E-state index in [0.717, 1.165) is 6.07 Å². The van der Waals surface area contributed by atoms with Gasteiger partial charge in [0.15, 0.2) is 5.82 Å². The molecule has 0 unspecified atom stereocenters. The number of carbonyl (C=O) groups excluding carboxylic acids is 2. The molecule has 206 valence electrons. The summed E-state index contributed by atoms with van der Waals surface area (Å²) >= 11 is 0. The van der Waals surface area contributed by atoms with Gasteiger partial charge in [-0.15, -0.1) is 0 Å². The van der Waals surface area contributed by atoms with Crippen LogP contribution < -0.4 is 11.1 Å². The topological polar surface area (TPSA) is 111 Å². The number of amides is 2. The highest BCUT2D eigenvalue weighted by Crippen LogP contribution is 2.44. The van der Waals surface area contributed by atoms with E-state index in [1.54, 1.807) is 18.5 Å². The molecule has 10 heteroatoms. The zero-order valence-electron chi connectivity index (χ0n) is 21.8. The Labute approximate surface area is 232 Å². The molecule has 3 N–H and O–H groups in total. The zero-order chi connectivity index (χ0) is 28.9. The summed E-state index contributed by atoms with van der Waals surface area (Å²) in [5.74, 6) is -2.86. The molecule has 0 aliphatic heterocycles. The highest BCUT2D eigenvalue weighted by atomic mass is 19.1. The lowest BCUT2D eigenvalue weighted by Gasteiger charge is -2.17. The second-order valence-electron chi connectivity index (χ2n) is 10.1. The predicted molar refractivity (Wildman–Crippen MR) is 144 cm³/mol. The smallest absolute Gasteiger partial charge is 0.253 e. The van der Waals surface area contributed by atoms with Gasteiger partial charge in [0.05, 0.1) is 10.9 Å². The molecule has 0 spiro atoms. The number of hydrogen-bond donors (Lipinski definition) is 2. The normalized spacial score (nSPS) is 13.8. The minimum atomic E-state index is -0.911. The van der Waals surface area contributed by atoms with E-state index in [2.05, 4.69) is 15.3 Å². The largest absolute Gasteiger partial charge is 0.460 e. The summed E-state index contributed by atoms with van der Waals surface area (Å²) in [5.41, 5.74) is 5.64. The van der Waals surface area contributed by atoms with Crippen molar-refractivity contribution in [1.82, 2.24) is 15.3 Å². The second-order valence-corrected chi connectivity index (χ2v) is 10.1. The molecule has 5 aromatic rings. The number of aromatic nitrogens is 2. The molecule has 2 amide bonds. The van der Waals surface area contributed by atoms with Crippen LogP contribution in [0.5, 0.6) is 0 Å². The maximum Gasteiger partial charge on any atom is 0.253 e. The van der Waals surface area contributed by atoms with E-state index < -0.39 is 34.8 Å². The summed E-state index contributed by atoms with van der Waals surface area (Å²) in [6, 6.07) is 12.6. The molecule has 7 nitrogen and oxygen atoms in total. The van der Waals surface area contributed by atoms with Crippen LogP contribution >= 0.6 is 0 Å². The van der Waals surface area contributed by atoms with Gasteiger partial charge in [-0.05, 0) is 78.9 Å². The minimum absolute atomic E-state index is 0.0101. The summed E-state index contributed by atoms with van der Waals surface area (Å²) in [6.07, 6.45) is 4.49. The first kappa shape index (κ1) is 26.2. The summed E-state index contributed by atoms with van der Waals surface area (Å²) in [5, 5.41) is 2.75. The van der Waals surface area contributed by atoms with Crippen LogP contribution in [0, 0.1) is 24.4 Å². The van der Waals surface area contributed by atoms with Crippen LogP contribution in [0.15, 0.2) is 71.4 Å². The Hall–Kier alpha value is -4.99. The van der Waals surface area contributed by atoms with Crippen molar-refractivity contribution in [2.75, 3.05) is 0 Å². The molecular weight excluding hydrogens is 533 g/mol. The molecule has 2 heterocycles. The third-order valence-electron chi connectivity index (χ3n) is 7.38. The van der Waals surface area contributed by atoms with Gasteiger partial charge in [0.25, 0.3) is 11.8 Å². The number of carbonyl (C=O) groups is 2. The lowest BCUT2D eigenvalue weighted by Crippen LogP contribution is -2.36. The number of nitrogens with zero attached hydrogens (tertiary/aromatic N) is 2. The number of fused-ring (bicyclic) bond motifs is 1. The van der Waals surface area contributed by atoms with Gasteiger partial charge >= 0.3 is 0 Å². The number of rotatable bonds is 7. The molecule has 1 fully saturated rings. The quantitative estimate of drug-likeness (QED) is 0.266. The van der Waals surface area contributed by atoms with Gasteiger partial charge in [0.2, 0.25) is 0 Å². The van der Waals surface area contributed by atoms with Crippen LogP contribution in [0.1, 0.15) is 56.3 Å². The Morgan fingerprint density at radius 3 is 2.37 bits per heavy atom. The number of halogens is 3. The molecule has 1 saturated carbocycles. The molecule has 0 radical (unpaired) electrons. The van der Waals surface area contributed by atoms with E-state index >= 15 is 8.78 Å². The molecule has 2 aromatic heterocycles. The number of furan rings is 1. The van der Waals surface area contributed by atoms with Crippen molar-refractivity contribution in [1.29, 1.82) is 0 Å². The third kappa shape index (κ3) is 4.71. The van der Waals surface area contributed by atoms with Gasteiger partial charge in [0.1, 0.15) is 34.3 Å². The first-order valence-corrected chi connectivity index (χ1v) is 12.9. The monoisotopic (exact) mass is 556 g/mol. The highest BCUT2D eigenvalue weighted by molar-refractivity contribution is 6.08. The third-order valence-corrected chi connectivity index (χ3v) is 7.38. The van der Waals surface area contributed by atoms with Crippen LogP contribution in [0.3, 0.4) is 0 Å². The second kappa shape index (κ2) is 9.88. The van der Waals surface area contributed by atoms with E-state index in [1.165, 1.54) is 49.4 Å². The molecule has 1 aliphatic rings. The Bertz CT molecular complexity index is 1830. The molecule has 0 saturated heterocycles. The van der Waals surface area contributed by atoms with Crippen molar-refractivity contribution >= 4 is 22.8 Å². The summed E-state index contributed by atoms with van der Waals surface area (Å²) in [6.45, 7) is 1.47. The number of primary amides is 1. The standard InChI is InChI=1S/C31H23F3N4O3/c1-16-21(14-18(15-22(16)33)29(40)38-31(9-10-31)30-36-11-2-12-37-30)20-7-8-23-25(27(20)34)26(28(35)39)24(41-23)13-17-3-5-19(32)6-4-17/h2-8,11-12,14-15H,9-10,13H2,1H3,(H2,35,39)(H,38,40).